The molecule has 1 amide bonds. The van der Waals surface area contributed by atoms with E-state index < -0.39 is 32.1 Å². The third-order valence-corrected chi connectivity index (χ3v) is 5.23. The van der Waals surface area contributed by atoms with Crippen molar-refractivity contribution in [3.05, 3.63) is 34.4 Å². The lowest BCUT2D eigenvalue weighted by Crippen LogP contribution is -2.34. The maximum Gasteiger partial charge on any atom is 0.407 e. The zero-order valence-corrected chi connectivity index (χ0v) is 17.7. The van der Waals surface area contributed by atoms with Crippen molar-refractivity contribution >= 4 is 21.6 Å². The van der Waals surface area contributed by atoms with E-state index >= 15 is 0 Å². The quantitative estimate of drug-likeness (QED) is 0.302. The van der Waals surface area contributed by atoms with Crippen molar-refractivity contribution in [2.24, 2.45) is 0 Å². The third kappa shape index (κ3) is 10.2. The van der Waals surface area contributed by atoms with Crippen LogP contribution < -0.4 is 5.32 Å². The van der Waals surface area contributed by atoms with Crippen LogP contribution in [0.5, 0.6) is 0 Å². The molecule has 0 saturated carbocycles. The first-order valence-electron chi connectivity index (χ1n) is 9.11. The molecule has 0 saturated heterocycles. The SMILES string of the molecule is CC(C)(C)OC(=O)NCCOCCOCCCS(=O)(=O)c1ccccc1[N+](=O)[O-]. The number of carbonyl (C=O) groups excluding carboxylic acids is 1. The molecule has 0 atom stereocenters. The number of hydrogen-bond acceptors (Lipinski definition) is 8. The lowest BCUT2D eigenvalue weighted by Gasteiger charge is -2.19. The number of sulfone groups is 1. The maximum atomic E-state index is 12.3. The van der Waals surface area contributed by atoms with Crippen LogP contribution in [-0.2, 0) is 24.0 Å². The topological polar surface area (TPSA) is 134 Å². The largest absolute Gasteiger partial charge is 0.444 e. The van der Waals surface area contributed by atoms with Gasteiger partial charge in [0.1, 0.15) is 10.5 Å². The Bertz CT molecular complexity index is 774. The molecule has 164 valence electrons. The fourth-order valence-corrected chi connectivity index (χ4v) is 3.66. The van der Waals surface area contributed by atoms with E-state index in [0.29, 0.717) is 6.54 Å². The molecule has 0 radical (unpaired) electrons. The molecule has 0 aliphatic carbocycles. The van der Waals surface area contributed by atoms with E-state index in [-0.39, 0.29) is 43.5 Å². The Morgan fingerprint density at radius 2 is 1.72 bits per heavy atom. The first kappa shape index (κ1) is 24.8. The molecule has 0 fully saturated rings. The van der Waals surface area contributed by atoms with Gasteiger partial charge in [0, 0.05) is 19.2 Å². The molecule has 29 heavy (non-hydrogen) atoms. The Morgan fingerprint density at radius 1 is 1.10 bits per heavy atom. The van der Waals surface area contributed by atoms with Gasteiger partial charge < -0.3 is 19.5 Å². The number of carbonyl (C=O) groups is 1. The lowest BCUT2D eigenvalue weighted by atomic mass is 10.2. The summed E-state index contributed by atoms with van der Waals surface area (Å²) >= 11 is 0. The van der Waals surface area contributed by atoms with Crippen LogP contribution in [0.4, 0.5) is 10.5 Å². The molecule has 0 aliphatic rings. The van der Waals surface area contributed by atoms with Gasteiger partial charge in [0.15, 0.2) is 9.84 Å². The number of benzene rings is 1. The van der Waals surface area contributed by atoms with Gasteiger partial charge in [-0.15, -0.1) is 0 Å². The molecule has 0 heterocycles. The van der Waals surface area contributed by atoms with E-state index in [1.54, 1.807) is 20.8 Å². The molecule has 1 aromatic carbocycles. The zero-order valence-electron chi connectivity index (χ0n) is 16.9. The predicted molar refractivity (Wildman–Crippen MR) is 106 cm³/mol. The Morgan fingerprint density at radius 3 is 2.34 bits per heavy atom. The van der Waals surface area contributed by atoms with Crippen molar-refractivity contribution in [3.63, 3.8) is 0 Å². The van der Waals surface area contributed by atoms with Gasteiger partial charge in [-0.25, -0.2) is 13.2 Å². The first-order valence-corrected chi connectivity index (χ1v) is 10.8. The van der Waals surface area contributed by atoms with Gasteiger partial charge in [0.25, 0.3) is 5.69 Å². The number of ether oxygens (including phenoxy) is 3. The monoisotopic (exact) mass is 432 g/mol. The summed E-state index contributed by atoms with van der Waals surface area (Å²) in [4.78, 5) is 21.4. The van der Waals surface area contributed by atoms with Gasteiger partial charge in [-0.1, -0.05) is 12.1 Å². The minimum absolute atomic E-state index is 0.180. The molecule has 1 N–H and O–H groups in total. The average molecular weight is 432 g/mol. The van der Waals surface area contributed by atoms with Crippen molar-refractivity contribution in [2.45, 2.75) is 37.7 Å². The Hall–Kier alpha value is -2.24. The molecule has 11 heteroatoms. The molecule has 0 bridgehead atoms. The molecule has 0 aliphatic heterocycles. The number of nitrogens with one attached hydrogen (secondary N) is 1. The van der Waals surface area contributed by atoms with Crippen LogP contribution in [0.2, 0.25) is 0 Å². The van der Waals surface area contributed by atoms with E-state index in [1.165, 1.54) is 24.3 Å². The number of para-hydroxylation sites is 1. The van der Waals surface area contributed by atoms with Gasteiger partial charge in [-0.2, -0.15) is 0 Å². The van der Waals surface area contributed by atoms with Crippen LogP contribution in [0.1, 0.15) is 27.2 Å². The average Bonchev–Trinajstić information content (AvgIpc) is 2.61. The molecule has 1 rings (SSSR count). The van der Waals surface area contributed by atoms with E-state index in [2.05, 4.69) is 5.32 Å². The second kappa shape index (κ2) is 11.7. The first-order chi connectivity index (χ1) is 13.5. The number of amides is 1. The van der Waals surface area contributed by atoms with Gasteiger partial charge in [-0.05, 0) is 33.3 Å². The Labute approximate surface area is 170 Å². The Kier molecular flexibility index (Phi) is 9.99. The smallest absolute Gasteiger partial charge is 0.407 e. The van der Waals surface area contributed by atoms with Crippen LogP contribution in [0, 0.1) is 10.1 Å². The Balaban J connectivity index is 2.16. The molecule has 0 aromatic heterocycles. The van der Waals surface area contributed by atoms with Crippen LogP contribution in [-0.4, -0.2) is 63.8 Å². The van der Waals surface area contributed by atoms with E-state index in [4.69, 9.17) is 14.2 Å². The third-order valence-electron chi connectivity index (χ3n) is 3.39. The number of nitro benzene ring substituents is 1. The van der Waals surface area contributed by atoms with Crippen molar-refractivity contribution in [1.82, 2.24) is 5.32 Å². The van der Waals surface area contributed by atoms with Crippen LogP contribution >= 0.6 is 0 Å². The molecule has 0 unspecified atom stereocenters. The van der Waals surface area contributed by atoms with Crippen molar-refractivity contribution in [1.29, 1.82) is 0 Å². The lowest BCUT2D eigenvalue weighted by molar-refractivity contribution is -0.387. The van der Waals surface area contributed by atoms with Crippen molar-refractivity contribution in [3.8, 4) is 0 Å². The summed E-state index contributed by atoms with van der Waals surface area (Å²) in [5.74, 6) is -0.251. The highest BCUT2D eigenvalue weighted by molar-refractivity contribution is 7.91. The second-order valence-electron chi connectivity index (χ2n) is 7.05. The summed E-state index contributed by atoms with van der Waals surface area (Å²) in [6.07, 6.45) is -0.314. The summed E-state index contributed by atoms with van der Waals surface area (Å²) in [7, 11) is -3.77. The summed E-state index contributed by atoms with van der Waals surface area (Å²) < 4.78 is 40.2. The van der Waals surface area contributed by atoms with Crippen LogP contribution in [0.25, 0.3) is 0 Å². The summed E-state index contributed by atoms with van der Waals surface area (Å²) in [5.41, 5.74) is -0.987. The number of hydrogen-bond donors (Lipinski definition) is 1. The number of nitrogens with zero attached hydrogens (tertiary/aromatic N) is 1. The van der Waals surface area contributed by atoms with E-state index in [1.807, 2.05) is 0 Å². The highest BCUT2D eigenvalue weighted by Crippen LogP contribution is 2.24. The highest BCUT2D eigenvalue weighted by atomic mass is 32.2. The van der Waals surface area contributed by atoms with Gasteiger partial charge >= 0.3 is 6.09 Å². The van der Waals surface area contributed by atoms with Gasteiger partial charge in [0.2, 0.25) is 0 Å². The van der Waals surface area contributed by atoms with Crippen molar-refractivity contribution in [2.75, 3.05) is 38.7 Å². The van der Waals surface area contributed by atoms with Gasteiger partial charge in [0.05, 0.1) is 30.5 Å². The van der Waals surface area contributed by atoms with Crippen molar-refractivity contribution < 1.29 is 32.3 Å². The molecular formula is C18H28N2O8S. The molecule has 10 nitrogen and oxygen atoms in total. The second-order valence-corrected chi connectivity index (χ2v) is 9.13. The number of nitro groups is 1. The summed E-state index contributed by atoms with van der Waals surface area (Å²) in [6.45, 7) is 6.62. The molecular weight excluding hydrogens is 404 g/mol. The van der Waals surface area contributed by atoms with Crippen LogP contribution in [0.15, 0.2) is 29.2 Å². The van der Waals surface area contributed by atoms with Gasteiger partial charge in [-0.3, -0.25) is 10.1 Å². The molecule has 1 aromatic rings. The fraction of sp³-hybridized carbons (Fsp3) is 0.611. The normalized spacial score (nSPS) is 11.8. The zero-order chi connectivity index (χ0) is 21.9. The maximum absolute atomic E-state index is 12.3. The highest BCUT2D eigenvalue weighted by Gasteiger charge is 2.24. The van der Waals surface area contributed by atoms with E-state index in [9.17, 15) is 23.3 Å². The van der Waals surface area contributed by atoms with Crippen LogP contribution in [0.3, 0.4) is 0 Å². The standard InChI is InChI=1S/C18H28N2O8S/c1-18(2,3)28-17(21)19-9-11-27-13-12-26-10-6-14-29(24,25)16-8-5-4-7-15(16)20(22)23/h4-5,7-8H,6,9-14H2,1-3H3,(H,19,21). The fourth-order valence-electron chi connectivity index (χ4n) is 2.19. The number of rotatable bonds is 12. The number of alkyl carbamates (subject to hydrolysis) is 1. The predicted octanol–water partition coefficient (Wildman–Crippen LogP) is 2.32. The summed E-state index contributed by atoms with van der Waals surface area (Å²) in [6, 6.07) is 5.26. The summed E-state index contributed by atoms with van der Waals surface area (Å²) in [5, 5.41) is 13.5. The minimum atomic E-state index is -3.77. The van der Waals surface area contributed by atoms with E-state index in [0.717, 1.165) is 0 Å². The minimum Gasteiger partial charge on any atom is -0.444 e. The molecule has 0 spiro atoms.